The van der Waals surface area contributed by atoms with Gasteiger partial charge in [0.1, 0.15) is 5.82 Å². The maximum atomic E-state index is 4.99. The molecular weight excluding hydrogens is 346 g/mol. The Labute approximate surface area is 159 Å². The van der Waals surface area contributed by atoms with Crippen molar-refractivity contribution in [2.45, 2.75) is 76.8 Å². The van der Waals surface area contributed by atoms with Crippen molar-refractivity contribution in [1.82, 2.24) is 35.0 Å². The van der Waals surface area contributed by atoms with Crippen LogP contribution in [-0.4, -0.2) is 47.0 Å². The van der Waals surface area contributed by atoms with Crippen molar-refractivity contribution in [2.24, 2.45) is 5.92 Å². The number of fused-ring (bicyclic) bond motifs is 1. The Morgan fingerprint density at radius 1 is 1.04 bits per heavy atom. The minimum absolute atomic E-state index is 0.173. The molecule has 1 saturated carbocycles. The molecule has 1 aliphatic heterocycles. The summed E-state index contributed by atoms with van der Waals surface area (Å²) in [5.74, 6) is 5.01. The van der Waals surface area contributed by atoms with Gasteiger partial charge in [0.25, 0.3) is 0 Å². The van der Waals surface area contributed by atoms with E-state index in [0.717, 1.165) is 61.5 Å². The number of rotatable bonds is 6. The molecule has 2 aliphatic rings. The molecule has 0 bridgehead atoms. The Kier molecular flexibility index (Phi) is 5.87. The van der Waals surface area contributed by atoms with Crippen molar-refractivity contribution in [2.75, 3.05) is 12.0 Å². The van der Waals surface area contributed by atoms with Crippen LogP contribution in [0.2, 0.25) is 0 Å². The summed E-state index contributed by atoms with van der Waals surface area (Å²) in [6, 6.07) is 0. The standard InChI is InChI=1S/C18H29N7S/c1-26-12-10-16-19-17(25(21-16)13-14-7-3-2-4-8-14)15-9-5-6-11-24-18(15)20-22-23-24/h14-15H,2-13H2,1H3/t15-/m1/s1. The van der Waals surface area contributed by atoms with E-state index in [-0.39, 0.29) is 5.92 Å². The lowest BCUT2D eigenvalue weighted by Gasteiger charge is -2.23. The minimum atomic E-state index is 0.173. The van der Waals surface area contributed by atoms with Crippen LogP contribution in [0.1, 0.15) is 74.8 Å². The van der Waals surface area contributed by atoms with E-state index in [0.29, 0.717) is 0 Å². The highest BCUT2D eigenvalue weighted by Crippen LogP contribution is 2.32. The van der Waals surface area contributed by atoms with Crippen LogP contribution >= 0.6 is 11.8 Å². The van der Waals surface area contributed by atoms with Gasteiger partial charge in [-0.15, -0.1) is 5.10 Å². The van der Waals surface area contributed by atoms with Crippen molar-refractivity contribution < 1.29 is 0 Å². The third-order valence-electron chi connectivity index (χ3n) is 5.73. The van der Waals surface area contributed by atoms with Crippen LogP contribution in [0.5, 0.6) is 0 Å². The Bertz CT molecular complexity index is 704. The van der Waals surface area contributed by atoms with Gasteiger partial charge < -0.3 is 0 Å². The zero-order chi connectivity index (χ0) is 17.8. The van der Waals surface area contributed by atoms with Crippen LogP contribution in [0.25, 0.3) is 0 Å². The zero-order valence-electron chi connectivity index (χ0n) is 15.7. The molecule has 4 rings (SSSR count). The van der Waals surface area contributed by atoms with Crippen LogP contribution < -0.4 is 0 Å². The first-order valence-corrected chi connectivity index (χ1v) is 11.4. The number of nitrogens with zero attached hydrogens (tertiary/aromatic N) is 7. The fourth-order valence-electron chi connectivity index (χ4n) is 4.31. The first kappa shape index (κ1) is 17.9. The molecular formula is C18H29N7S. The third-order valence-corrected chi connectivity index (χ3v) is 6.34. The average molecular weight is 376 g/mol. The summed E-state index contributed by atoms with van der Waals surface area (Å²) in [7, 11) is 0. The summed E-state index contributed by atoms with van der Waals surface area (Å²) in [6.45, 7) is 1.91. The number of thioether (sulfide) groups is 1. The lowest BCUT2D eigenvalue weighted by atomic mass is 9.89. The number of aryl methyl sites for hydroxylation is 2. The summed E-state index contributed by atoms with van der Waals surface area (Å²) < 4.78 is 4.18. The fraction of sp³-hybridized carbons (Fsp3) is 0.833. The van der Waals surface area contributed by atoms with Crippen LogP contribution in [0, 0.1) is 5.92 Å². The first-order chi connectivity index (χ1) is 12.8. The van der Waals surface area contributed by atoms with Gasteiger partial charge in [-0.05, 0) is 48.3 Å². The molecule has 0 N–H and O–H groups in total. The lowest BCUT2D eigenvalue weighted by Crippen LogP contribution is -2.20. The summed E-state index contributed by atoms with van der Waals surface area (Å²) >= 11 is 1.85. The molecule has 0 aromatic carbocycles. The number of aromatic nitrogens is 7. The second kappa shape index (κ2) is 8.50. The summed E-state index contributed by atoms with van der Waals surface area (Å²) in [4.78, 5) is 4.99. The van der Waals surface area contributed by atoms with E-state index >= 15 is 0 Å². The van der Waals surface area contributed by atoms with E-state index in [4.69, 9.17) is 10.1 Å². The minimum Gasteiger partial charge on any atom is -0.249 e. The largest absolute Gasteiger partial charge is 0.249 e. The maximum Gasteiger partial charge on any atom is 0.161 e. The molecule has 26 heavy (non-hydrogen) atoms. The highest BCUT2D eigenvalue weighted by Gasteiger charge is 2.29. The molecule has 0 spiro atoms. The molecule has 0 saturated heterocycles. The molecule has 1 fully saturated rings. The SMILES string of the molecule is CSCCc1nc([C@H]2CCCCn3nnnc32)n(CC2CCCCC2)n1. The fourth-order valence-corrected chi connectivity index (χ4v) is 4.70. The van der Waals surface area contributed by atoms with Crippen molar-refractivity contribution >= 4 is 11.8 Å². The average Bonchev–Trinajstić information content (AvgIpc) is 3.24. The van der Waals surface area contributed by atoms with Crippen molar-refractivity contribution in [3.8, 4) is 0 Å². The molecule has 1 atom stereocenters. The molecule has 3 heterocycles. The second-order valence-electron chi connectivity index (χ2n) is 7.62. The quantitative estimate of drug-likeness (QED) is 0.772. The predicted octanol–water partition coefficient (Wildman–Crippen LogP) is 3.07. The second-order valence-corrected chi connectivity index (χ2v) is 8.61. The van der Waals surface area contributed by atoms with Gasteiger partial charge in [-0.3, -0.25) is 0 Å². The van der Waals surface area contributed by atoms with Crippen molar-refractivity contribution in [1.29, 1.82) is 0 Å². The molecule has 8 heteroatoms. The van der Waals surface area contributed by atoms with Crippen LogP contribution in [0.3, 0.4) is 0 Å². The molecule has 1 aliphatic carbocycles. The van der Waals surface area contributed by atoms with E-state index < -0.39 is 0 Å². The van der Waals surface area contributed by atoms with E-state index in [1.54, 1.807) is 0 Å². The molecule has 2 aromatic rings. The Morgan fingerprint density at radius 3 is 2.73 bits per heavy atom. The highest BCUT2D eigenvalue weighted by molar-refractivity contribution is 7.98. The molecule has 0 unspecified atom stereocenters. The molecule has 2 aromatic heterocycles. The van der Waals surface area contributed by atoms with Crippen molar-refractivity contribution in [3.05, 3.63) is 17.5 Å². The zero-order valence-corrected chi connectivity index (χ0v) is 16.5. The first-order valence-electron chi connectivity index (χ1n) is 10.0. The van der Waals surface area contributed by atoms with Gasteiger partial charge >= 0.3 is 0 Å². The van der Waals surface area contributed by atoms with Gasteiger partial charge in [-0.2, -0.15) is 16.9 Å². The Hall–Kier alpha value is -1.44. The molecule has 7 nitrogen and oxygen atoms in total. The highest BCUT2D eigenvalue weighted by atomic mass is 32.2. The third kappa shape index (κ3) is 3.94. The molecule has 142 valence electrons. The van der Waals surface area contributed by atoms with E-state index in [1.165, 1.54) is 38.5 Å². The van der Waals surface area contributed by atoms with Crippen LogP contribution in [-0.2, 0) is 19.5 Å². The van der Waals surface area contributed by atoms with Crippen LogP contribution in [0.4, 0.5) is 0 Å². The van der Waals surface area contributed by atoms with E-state index in [1.807, 2.05) is 16.4 Å². The topological polar surface area (TPSA) is 74.3 Å². The van der Waals surface area contributed by atoms with Gasteiger partial charge in [0, 0.05) is 25.3 Å². The number of tetrazole rings is 1. The van der Waals surface area contributed by atoms with Gasteiger partial charge in [0.2, 0.25) is 0 Å². The summed E-state index contributed by atoms with van der Waals surface area (Å²) in [6.07, 6.45) is 13.2. The van der Waals surface area contributed by atoms with Crippen LogP contribution in [0.15, 0.2) is 0 Å². The van der Waals surface area contributed by atoms with Gasteiger partial charge in [0.05, 0.1) is 5.92 Å². The number of hydrogen-bond acceptors (Lipinski definition) is 6. The Balaban J connectivity index is 1.63. The summed E-state index contributed by atoms with van der Waals surface area (Å²) in [5.41, 5.74) is 0. The van der Waals surface area contributed by atoms with Gasteiger partial charge in [-0.1, -0.05) is 25.7 Å². The van der Waals surface area contributed by atoms with E-state index in [9.17, 15) is 0 Å². The smallest absolute Gasteiger partial charge is 0.161 e. The molecule has 0 amide bonds. The van der Waals surface area contributed by atoms with E-state index in [2.05, 4.69) is 26.5 Å². The number of hydrogen-bond donors (Lipinski definition) is 0. The summed E-state index contributed by atoms with van der Waals surface area (Å²) in [5, 5.41) is 17.4. The molecule has 0 radical (unpaired) electrons. The predicted molar refractivity (Wildman–Crippen MR) is 102 cm³/mol. The Morgan fingerprint density at radius 2 is 1.88 bits per heavy atom. The van der Waals surface area contributed by atoms with Crippen molar-refractivity contribution in [3.63, 3.8) is 0 Å². The normalized spacial score (nSPS) is 21.5. The van der Waals surface area contributed by atoms with Gasteiger partial charge in [-0.25, -0.2) is 14.3 Å². The van der Waals surface area contributed by atoms with Gasteiger partial charge in [0.15, 0.2) is 11.6 Å². The maximum absolute atomic E-state index is 4.99. The monoisotopic (exact) mass is 375 g/mol. The lowest BCUT2D eigenvalue weighted by molar-refractivity contribution is 0.301.